The summed E-state index contributed by atoms with van der Waals surface area (Å²) < 4.78 is 0. The summed E-state index contributed by atoms with van der Waals surface area (Å²) in [5.74, 6) is 0.771. The Morgan fingerprint density at radius 1 is 1.24 bits per heavy atom. The number of nitrogens with zero attached hydrogens (tertiary/aromatic N) is 2. The van der Waals surface area contributed by atoms with Crippen LogP contribution in [0.15, 0.2) is 18.5 Å². The molecule has 1 N–H and O–H groups in total. The normalized spacial score (nSPS) is 10.6. The quantitative estimate of drug-likeness (QED) is 0.785. The van der Waals surface area contributed by atoms with Crippen LogP contribution in [-0.4, -0.2) is 25.1 Å². The van der Waals surface area contributed by atoms with Crippen LogP contribution in [-0.2, 0) is 0 Å². The summed E-state index contributed by atoms with van der Waals surface area (Å²) in [5, 5.41) is 3.14. The van der Waals surface area contributed by atoms with Crippen LogP contribution in [0.5, 0.6) is 0 Å². The highest BCUT2D eigenvalue weighted by atomic mass is 15.1. The first-order chi connectivity index (χ1) is 8.24. The van der Waals surface area contributed by atoms with Gasteiger partial charge in [0.05, 0.1) is 23.8 Å². The molecule has 0 saturated carbocycles. The Kier molecular flexibility index (Phi) is 5.81. The molecule has 3 heteroatoms. The molecule has 0 amide bonds. The van der Waals surface area contributed by atoms with Crippen molar-refractivity contribution in [2.45, 2.75) is 33.6 Å². The lowest BCUT2D eigenvalue weighted by molar-refractivity contribution is 0.486. The highest BCUT2D eigenvalue weighted by molar-refractivity contribution is 5.55. The van der Waals surface area contributed by atoms with Gasteiger partial charge in [0.1, 0.15) is 0 Å². The van der Waals surface area contributed by atoms with Gasteiger partial charge in [-0.05, 0) is 18.9 Å². The minimum Gasteiger partial charge on any atom is -0.387 e. The van der Waals surface area contributed by atoms with E-state index in [2.05, 4.69) is 42.0 Å². The van der Waals surface area contributed by atoms with Crippen LogP contribution >= 0.6 is 0 Å². The number of hydrogen-bond acceptors (Lipinski definition) is 3. The first-order valence-electron chi connectivity index (χ1n) is 6.62. The zero-order valence-corrected chi connectivity index (χ0v) is 11.5. The van der Waals surface area contributed by atoms with Gasteiger partial charge in [-0.25, -0.2) is 0 Å². The molecule has 0 radical (unpaired) electrons. The number of rotatable bonds is 7. The maximum atomic E-state index is 4.28. The van der Waals surface area contributed by atoms with Gasteiger partial charge in [-0.15, -0.1) is 0 Å². The zero-order valence-electron chi connectivity index (χ0n) is 11.5. The molecule has 1 rings (SSSR count). The van der Waals surface area contributed by atoms with Crippen LogP contribution < -0.4 is 10.2 Å². The van der Waals surface area contributed by atoms with Gasteiger partial charge in [-0.3, -0.25) is 4.98 Å². The molecule has 0 aromatic carbocycles. The molecule has 0 aliphatic rings. The first kappa shape index (κ1) is 13.8. The summed E-state index contributed by atoms with van der Waals surface area (Å²) in [6, 6.07) is 2.17. The summed E-state index contributed by atoms with van der Waals surface area (Å²) in [6.45, 7) is 8.90. The third kappa shape index (κ3) is 3.91. The van der Waals surface area contributed by atoms with E-state index < -0.39 is 0 Å². The third-order valence-electron chi connectivity index (χ3n) is 3.39. The molecule has 0 spiro atoms. The van der Waals surface area contributed by atoms with E-state index in [0.29, 0.717) is 0 Å². The molecule has 0 unspecified atom stereocenters. The molecule has 1 aromatic heterocycles. The lowest BCUT2D eigenvalue weighted by Gasteiger charge is -2.27. The molecular weight excluding hydrogens is 210 g/mol. The SMILES string of the molecule is CCC(CC)CN(CC)c1cncc(NC)c1. The Hall–Kier alpha value is -1.25. The average molecular weight is 235 g/mol. The summed E-state index contributed by atoms with van der Waals surface area (Å²) >= 11 is 0. The van der Waals surface area contributed by atoms with E-state index >= 15 is 0 Å². The van der Waals surface area contributed by atoms with Crippen molar-refractivity contribution >= 4 is 11.4 Å². The predicted molar refractivity (Wildman–Crippen MR) is 75.7 cm³/mol. The van der Waals surface area contributed by atoms with Gasteiger partial charge in [0, 0.05) is 20.1 Å². The Bertz CT molecular complexity index is 321. The molecule has 0 fully saturated rings. The molecule has 3 nitrogen and oxygen atoms in total. The summed E-state index contributed by atoms with van der Waals surface area (Å²) in [5.41, 5.74) is 2.29. The van der Waals surface area contributed by atoms with E-state index in [4.69, 9.17) is 0 Å². The second-order valence-electron chi connectivity index (χ2n) is 4.40. The number of nitrogens with one attached hydrogen (secondary N) is 1. The van der Waals surface area contributed by atoms with Gasteiger partial charge >= 0.3 is 0 Å². The molecule has 0 atom stereocenters. The van der Waals surface area contributed by atoms with Crippen molar-refractivity contribution in [2.75, 3.05) is 30.4 Å². The number of pyridine rings is 1. The number of anilines is 2. The van der Waals surface area contributed by atoms with Gasteiger partial charge in [0.25, 0.3) is 0 Å². The van der Waals surface area contributed by atoms with Crippen molar-refractivity contribution < 1.29 is 0 Å². The number of aromatic nitrogens is 1. The van der Waals surface area contributed by atoms with Crippen molar-refractivity contribution in [1.82, 2.24) is 4.98 Å². The molecule has 96 valence electrons. The highest BCUT2D eigenvalue weighted by Gasteiger charge is 2.11. The van der Waals surface area contributed by atoms with Crippen LogP contribution in [0.3, 0.4) is 0 Å². The minimum atomic E-state index is 0.771. The molecule has 0 bridgehead atoms. The van der Waals surface area contributed by atoms with Crippen molar-refractivity contribution in [1.29, 1.82) is 0 Å². The highest BCUT2D eigenvalue weighted by Crippen LogP contribution is 2.20. The molecular formula is C14H25N3. The van der Waals surface area contributed by atoms with E-state index in [9.17, 15) is 0 Å². The third-order valence-corrected chi connectivity index (χ3v) is 3.39. The summed E-state index contributed by atoms with van der Waals surface area (Å²) in [7, 11) is 1.93. The smallest absolute Gasteiger partial charge is 0.0573 e. The van der Waals surface area contributed by atoms with Crippen molar-refractivity contribution in [3.63, 3.8) is 0 Å². The fraction of sp³-hybridized carbons (Fsp3) is 0.643. The van der Waals surface area contributed by atoms with Crippen molar-refractivity contribution in [3.05, 3.63) is 18.5 Å². The van der Waals surface area contributed by atoms with E-state index in [1.54, 1.807) is 0 Å². The van der Waals surface area contributed by atoms with Gasteiger partial charge in [-0.2, -0.15) is 0 Å². The van der Waals surface area contributed by atoms with Crippen LogP contribution in [0, 0.1) is 5.92 Å². The van der Waals surface area contributed by atoms with Crippen molar-refractivity contribution in [2.24, 2.45) is 5.92 Å². The fourth-order valence-corrected chi connectivity index (χ4v) is 2.01. The molecule has 0 aliphatic carbocycles. The maximum Gasteiger partial charge on any atom is 0.0573 e. The van der Waals surface area contributed by atoms with Gasteiger partial charge in [0.15, 0.2) is 0 Å². The topological polar surface area (TPSA) is 28.2 Å². The maximum absolute atomic E-state index is 4.28. The van der Waals surface area contributed by atoms with E-state index in [0.717, 1.165) is 24.7 Å². The Morgan fingerprint density at radius 2 is 1.94 bits per heavy atom. The molecule has 0 aliphatic heterocycles. The standard InChI is InChI=1S/C14H25N3/c1-5-12(6-2)11-17(7-3)14-8-13(15-4)9-16-10-14/h8-10,12,15H,5-7,11H2,1-4H3. The second-order valence-corrected chi connectivity index (χ2v) is 4.40. The van der Waals surface area contributed by atoms with Gasteiger partial charge < -0.3 is 10.2 Å². The van der Waals surface area contributed by atoms with Gasteiger partial charge in [0.2, 0.25) is 0 Å². The zero-order chi connectivity index (χ0) is 12.7. The van der Waals surface area contributed by atoms with Crippen LogP contribution in [0.4, 0.5) is 11.4 Å². The van der Waals surface area contributed by atoms with Crippen LogP contribution in [0.1, 0.15) is 33.6 Å². The van der Waals surface area contributed by atoms with E-state index in [-0.39, 0.29) is 0 Å². The molecule has 1 heterocycles. The van der Waals surface area contributed by atoms with E-state index in [1.165, 1.54) is 18.5 Å². The van der Waals surface area contributed by atoms with E-state index in [1.807, 2.05) is 19.4 Å². The Balaban J connectivity index is 2.77. The second kappa shape index (κ2) is 7.15. The monoisotopic (exact) mass is 235 g/mol. The van der Waals surface area contributed by atoms with Crippen LogP contribution in [0.25, 0.3) is 0 Å². The fourth-order valence-electron chi connectivity index (χ4n) is 2.01. The molecule has 17 heavy (non-hydrogen) atoms. The van der Waals surface area contributed by atoms with Crippen LogP contribution in [0.2, 0.25) is 0 Å². The average Bonchev–Trinajstić information content (AvgIpc) is 2.40. The summed E-state index contributed by atoms with van der Waals surface area (Å²) in [6.07, 6.45) is 6.29. The van der Waals surface area contributed by atoms with Gasteiger partial charge in [-0.1, -0.05) is 26.7 Å². The first-order valence-corrected chi connectivity index (χ1v) is 6.62. The lowest BCUT2D eigenvalue weighted by atomic mass is 10.0. The Morgan fingerprint density at radius 3 is 2.47 bits per heavy atom. The van der Waals surface area contributed by atoms with Crippen molar-refractivity contribution in [3.8, 4) is 0 Å². The summed E-state index contributed by atoms with van der Waals surface area (Å²) in [4.78, 5) is 6.69. The lowest BCUT2D eigenvalue weighted by Crippen LogP contribution is -2.29. The Labute approximate surface area is 105 Å². The molecule has 1 aromatic rings. The molecule has 0 saturated heterocycles. The minimum absolute atomic E-state index is 0.771. The number of hydrogen-bond donors (Lipinski definition) is 1. The largest absolute Gasteiger partial charge is 0.387 e. The predicted octanol–water partition coefficient (Wildman–Crippen LogP) is 3.39.